The van der Waals surface area contributed by atoms with Crippen molar-refractivity contribution >= 4 is 17.8 Å². The highest BCUT2D eigenvalue weighted by Crippen LogP contribution is 2.25. The summed E-state index contributed by atoms with van der Waals surface area (Å²) in [6, 6.07) is 4.18. The molecule has 1 aromatic heterocycles. The van der Waals surface area contributed by atoms with Crippen molar-refractivity contribution in [3.05, 3.63) is 53.4 Å². The summed E-state index contributed by atoms with van der Waals surface area (Å²) in [5.41, 5.74) is 0.637. The van der Waals surface area contributed by atoms with Gasteiger partial charge in [0.15, 0.2) is 11.6 Å². The van der Waals surface area contributed by atoms with Crippen molar-refractivity contribution in [3.8, 4) is 0 Å². The zero-order chi connectivity index (χ0) is 24.1. The minimum Gasteiger partial charge on any atom is -0.458 e. The number of carbonyl (C=O) groups is 3. The van der Waals surface area contributed by atoms with Crippen LogP contribution in [-0.4, -0.2) is 44.5 Å². The molecule has 1 aliphatic rings. The lowest BCUT2D eigenvalue weighted by Gasteiger charge is -2.26. The van der Waals surface area contributed by atoms with E-state index in [1.807, 2.05) is 0 Å². The van der Waals surface area contributed by atoms with Crippen molar-refractivity contribution in [3.63, 3.8) is 0 Å². The van der Waals surface area contributed by atoms with Crippen LogP contribution in [-0.2, 0) is 39.3 Å². The number of carbonyl (C=O) groups excluding carboxylic acids is 3. The van der Waals surface area contributed by atoms with E-state index in [0.29, 0.717) is 12.1 Å². The molecule has 2 amide bonds. The minimum absolute atomic E-state index is 0.0110. The number of rotatable bonds is 9. The molecule has 8 nitrogen and oxygen atoms in total. The summed E-state index contributed by atoms with van der Waals surface area (Å²) in [6.07, 6.45) is 2.31. The third kappa shape index (κ3) is 6.15. The van der Waals surface area contributed by atoms with E-state index < -0.39 is 35.6 Å². The van der Waals surface area contributed by atoms with E-state index in [9.17, 15) is 23.2 Å². The quantitative estimate of drug-likeness (QED) is 0.578. The van der Waals surface area contributed by atoms with Crippen LogP contribution in [0.3, 0.4) is 0 Å². The molecule has 3 rings (SSSR count). The normalized spacial score (nSPS) is 16.8. The highest BCUT2D eigenvalue weighted by atomic mass is 19.2. The maximum Gasteiger partial charge on any atom is 0.329 e. The number of nitrogens with one attached hydrogen (secondary N) is 1. The fraction of sp³-hybridized carbons (Fsp3) is 0.478. The zero-order valence-corrected chi connectivity index (χ0v) is 18.9. The number of esters is 1. The Morgan fingerprint density at radius 3 is 2.70 bits per heavy atom. The molecule has 10 heteroatoms. The summed E-state index contributed by atoms with van der Waals surface area (Å²) in [5, 5.41) is 6.84. The Bertz CT molecular complexity index is 1020. The van der Waals surface area contributed by atoms with Gasteiger partial charge in [-0.3, -0.25) is 14.3 Å². The van der Waals surface area contributed by atoms with Gasteiger partial charge in [-0.25, -0.2) is 13.6 Å². The van der Waals surface area contributed by atoms with Gasteiger partial charge in [0.2, 0.25) is 11.8 Å². The third-order valence-electron chi connectivity index (χ3n) is 5.61. The number of benzene rings is 1. The number of hydrogen-bond acceptors (Lipinski definition) is 5. The van der Waals surface area contributed by atoms with Crippen LogP contribution in [0.2, 0.25) is 0 Å². The van der Waals surface area contributed by atoms with Gasteiger partial charge in [0.25, 0.3) is 0 Å². The maximum absolute atomic E-state index is 14.1. The molecule has 178 valence electrons. The molecular formula is C23H28F2N4O4. The van der Waals surface area contributed by atoms with Crippen molar-refractivity contribution in [2.45, 2.75) is 58.3 Å². The number of halogens is 2. The Kier molecular flexibility index (Phi) is 7.78. The zero-order valence-electron chi connectivity index (χ0n) is 18.9. The van der Waals surface area contributed by atoms with Gasteiger partial charge in [-0.1, -0.05) is 26.0 Å². The van der Waals surface area contributed by atoms with E-state index in [-0.39, 0.29) is 43.4 Å². The van der Waals surface area contributed by atoms with Crippen LogP contribution in [0.5, 0.6) is 0 Å². The van der Waals surface area contributed by atoms with Gasteiger partial charge in [0.1, 0.15) is 12.6 Å². The van der Waals surface area contributed by atoms with Crippen LogP contribution in [0.1, 0.15) is 44.4 Å². The Balaban J connectivity index is 1.59. The average Bonchev–Trinajstić information content (AvgIpc) is 3.33. The van der Waals surface area contributed by atoms with Gasteiger partial charge < -0.3 is 15.0 Å². The highest BCUT2D eigenvalue weighted by Gasteiger charge is 2.34. The topological polar surface area (TPSA) is 93.5 Å². The SMILES string of the molecule is CC(C)[C@H](NC(=O)C[C@@H]1CCC(=O)N1Cc1cccc(F)c1F)C(=O)OCc1ccn(C)n1. The van der Waals surface area contributed by atoms with Gasteiger partial charge in [-0.15, -0.1) is 0 Å². The predicted molar refractivity (Wildman–Crippen MR) is 114 cm³/mol. The second kappa shape index (κ2) is 10.5. The van der Waals surface area contributed by atoms with Crippen molar-refractivity contribution in [2.75, 3.05) is 0 Å². The van der Waals surface area contributed by atoms with Gasteiger partial charge >= 0.3 is 5.97 Å². The van der Waals surface area contributed by atoms with E-state index >= 15 is 0 Å². The van der Waals surface area contributed by atoms with E-state index in [4.69, 9.17) is 4.74 Å². The molecule has 1 fully saturated rings. The number of ether oxygens (including phenoxy) is 1. The lowest BCUT2D eigenvalue weighted by molar-refractivity contribution is -0.150. The summed E-state index contributed by atoms with van der Waals surface area (Å²) >= 11 is 0. The van der Waals surface area contributed by atoms with Crippen molar-refractivity contribution in [2.24, 2.45) is 13.0 Å². The predicted octanol–water partition coefficient (Wildman–Crippen LogP) is 2.46. The highest BCUT2D eigenvalue weighted by molar-refractivity contribution is 5.86. The minimum atomic E-state index is -1.00. The van der Waals surface area contributed by atoms with E-state index in [1.54, 1.807) is 37.8 Å². The van der Waals surface area contributed by atoms with Gasteiger partial charge in [0, 0.05) is 44.2 Å². The Labute approximate surface area is 190 Å². The van der Waals surface area contributed by atoms with E-state index in [1.165, 1.54) is 17.0 Å². The van der Waals surface area contributed by atoms with Crippen molar-refractivity contribution in [1.82, 2.24) is 20.0 Å². The number of aromatic nitrogens is 2. The van der Waals surface area contributed by atoms with E-state index in [0.717, 1.165) is 6.07 Å². The Hall–Kier alpha value is -3.30. The number of likely N-dealkylation sites (tertiary alicyclic amines) is 1. The lowest BCUT2D eigenvalue weighted by Crippen LogP contribution is -2.47. The van der Waals surface area contributed by atoms with Crippen LogP contribution in [0.15, 0.2) is 30.5 Å². The number of nitrogens with zero attached hydrogens (tertiary/aromatic N) is 3. The molecule has 0 unspecified atom stereocenters. The Morgan fingerprint density at radius 2 is 2.03 bits per heavy atom. The van der Waals surface area contributed by atoms with Crippen LogP contribution in [0, 0.1) is 17.6 Å². The second-order valence-corrected chi connectivity index (χ2v) is 8.51. The van der Waals surface area contributed by atoms with Gasteiger partial charge in [-0.2, -0.15) is 5.10 Å². The van der Waals surface area contributed by atoms with Crippen LogP contribution in [0.4, 0.5) is 8.78 Å². The summed E-state index contributed by atoms with van der Waals surface area (Å²) in [5.74, 6) is -3.45. The molecule has 1 N–H and O–H groups in total. The molecule has 1 saturated heterocycles. The summed E-state index contributed by atoms with van der Waals surface area (Å²) < 4.78 is 34.5. The molecular weight excluding hydrogens is 434 g/mol. The summed E-state index contributed by atoms with van der Waals surface area (Å²) in [4.78, 5) is 39.0. The first kappa shape index (κ1) is 24.3. The van der Waals surface area contributed by atoms with E-state index in [2.05, 4.69) is 10.4 Å². The molecule has 33 heavy (non-hydrogen) atoms. The van der Waals surface area contributed by atoms with Crippen LogP contribution in [0.25, 0.3) is 0 Å². The standard InChI is InChI=1S/C23H28F2N4O4/c1-14(2)22(23(32)33-13-16-9-10-28(3)27-16)26-19(30)11-17-7-8-20(31)29(17)12-15-5-4-6-18(24)21(15)25/h4-6,9-10,14,17,22H,7-8,11-13H2,1-3H3,(H,26,30)/t17-,22-/m0/s1. The maximum atomic E-state index is 14.1. The number of aryl methyl sites for hydroxylation is 1. The number of amides is 2. The molecule has 1 aliphatic heterocycles. The van der Waals surface area contributed by atoms with Crippen LogP contribution < -0.4 is 5.32 Å². The molecule has 0 radical (unpaired) electrons. The second-order valence-electron chi connectivity index (χ2n) is 8.51. The molecule has 1 aromatic carbocycles. The first-order chi connectivity index (χ1) is 15.7. The molecule has 2 atom stereocenters. The first-order valence-corrected chi connectivity index (χ1v) is 10.8. The smallest absolute Gasteiger partial charge is 0.329 e. The van der Waals surface area contributed by atoms with Crippen molar-refractivity contribution < 1.29 is 27.9 Å². The average molecular weight is 462 g/mol. The molecule has 0 bridgehead atoms. The monoisotopic (exact) mass is 462 g/mol. The van der Waals surface area contributed by atoms with Crippen LogP contribution >= 0.6 is 0 Å². The van der Waals surface area contributed by atoms with Gasteiger partial charge in [-0.05, 0) is 24.5 Å². The lowest BCUT2D eigenvalue weighted by atomic mass is 10.0. The Morgan fingerprint density at radius 1 is 1.27 bits per heavy atom. The van der Waals surface area contributed by atoms with Gasteiger partial charge in [0.05, 0.1) is 5.69 Å². The molecule has 0 saturated carbocycles. The first-order valence-electron chi connectivity index (χ1n) is 10.8. The fourth-order valence-corrected chi connectivity index (χ4v) is 3.80. The molecule has 0 spiro atoms. The number of hydrogen-bond donors (Lipinski definition) is 1. The third-order valence-corrected chi connectivity index (χ3v) is 5.61. The van der Waals surface area contributed by atoms with Crippen molar-refractivity contribution in [1.29, 1.82) is 0 Å². The molecule has 2 aromatic rings. The largest absolute Gasteiger partial charge is 0.458 e. The summed E-state index contributed by atoms with van der Waals surface area (Å²) in [6.45, 7) is 3.43. The summed E-state index contributed by atoms with van der Waals surface area (Å²) in [7, 11) is 1.75. The fourth-order valence-electron chi connectivity index (χ4n) is 3.80. The molecule has 0 aliphatic carbocycles. The molecule has 2 heterocycles.